The molecule has 0 atom stereocenters. The highest BCUT2D eigenvalue weighted by atomic mass is 19.1. The minimum Gasteiger partial charge on any atom is -0.486 e. The van der Waals surface area contributed by atoms with Crippen molar-refractivity contribution in [3.8, 4) is 17.0 Å². The van der Waals surface area contributed by atoms with E-state index < -0.39 is 11.6 Å². The number of ether oxygens (including phenoxy) is 1. The predicted molar refractivity (Wildman–Crippen MR) is 152 cm³/mol. The first kappa shape index (κ1) is 27.8. The second kappa shape index (κ2) is 11.8. The first-order valence-corrected chi connectivity index (χ1v) is 13.7. The molecule has 0 spiro atoms. The van der Waals surface area contributed by atoms with Gasteiger partial charge < -0.3 is 24.3 Å². The Morgan fingerprint density at radius 2 is 1.75 bits per heavy atom. The molecule has 1 fully saturated rings. The molecule has 10 heteroatoms. The summed E-state index contributed by atoms with van der Waals surface area (Å²) in [4.78, 5) is 29.1. The summed E-state index contributed by atoms with van der Waals surface area (Å²) in [7, 11) is 3.80. The van der Waals surface area contributed by atoms with Crippen molar-refractivity contribution in [2.45, 2.75) is 26.3 Å². The second-order valence-corrected chi connectivity index (χ2v) is 10.9. The van der Waals surface area contributed by atoms with Crippen molar-refractivity contribution < 1.29 is 18.3 Å². The van der Waals surface area contributed by atoms with Crippen molar-refractivity contribution in [3.05, 3.63) is 65.6 Å². The van der Waals surface area contributed by atoms with Crippen LogP contribution in [0.4, 0.5) is 20.2 Å². The van der Waals surface area contributed by atoms with Crippen LogP contribution in [0.25, 0.3) is 11.3 Å². The number of anilines is 2. The van der Waals surface area contributed by atoms with Crippen LogP contribution in [-0.2, 0) is 11.2 Å². The number of hydrogen-bond acceptors (Lipinski definition) is 7. The van der Waals surface area contributed by atoms with Gasteiger partial charge in [0.1, 0.15) is 18.1 Å². The van der Waals surface area contributed by atoms with E-state index >= 15 is 0 Å². The largest absolute Gasteiger partial charge is 0.486 e. The van der Waals surface area contributed by atoms with E-state index in [4.69, 9.17) is 4.74 Å². The van der Waals surface area contributed by atoms with Crippen molar-refractivity contribution in [1.29, 1.82) is 0 Å². The Morgan fingerprint density at radius 1 is 1.02 bits per heavy atom. The molecule has 3 aromatic rings. The van der Waals surface area contributed by atoms with Gasteiger partial charge in [0.2, 0.25) is 5.91 Å². The zero-order chi connectivity index (χ0) is 28.4. The number of amides is 1. The minimum atomic E-state index is -0.602. The first-order valence-electron chi connectivity index (χ1n) is 13.7. The maximum Gasteiger partial charge on any atom is 0.236 e. The summed E-state index contributed by atoms with van der Waals surface area (Å²) in [6, 6.07) is 11.3. The fraction of sp³-hybridized carbons (Fsp3) is 0.433. The highest BCUT2D eigenvalue weighted by molar-refractivity contribution is 5.78. The number of nitrogens with zero attached hydrogens (tertiary/aromatic N) is 6. The van der Waals surface area contributed by atoms with E-state index in [1.54, 1.807) is 6.07 Å². The number of piperazine rings is 1. The fourth-order valence-corrected chi connectivity index (χ4v) is 5.26. The van der Waals surface area contributed by atoms with Gasteiger partial charge >= 0.3 is 0 Å². The third kappa shape index (κ3) is 6.01. The number of likely N-dealkylation sites (N-methyl/N-ethyl adjacent to an activating group) is 1. The molecule has 0 saturated carbocycles. The van der Waals surface area contributed by atoms with Gasteiger partial charge in [0.25, 0.3) is 0 Å². The molecule has 0 unspecified atom stereocenters. The molecule has 1 aromatic heterocycles. The maximum atomic E-state index is 15.0. The average molecular weight is 551 g/mol. The van der Waals surface area contributed by atoms with Crippen molar-refractivity contribution in [2.24, 2.45) is 0 Å². The molecule has 40 heavy (non-hydrogen) atoms. The molecule has 2 aromatic carbocycles. The van der Waals surface area contributed by atoms with Crippen molar-refractivity contribution in [3.63, 3.8) is 0 Å². The van der Waals surface area contributed by atoms with Gasteiger partial charge in [-0.25, -0.2) is 18.7 Å². The number of carbonyl (C=O) groups is 1. The summed E-state index contributed by atoms with van der Waals surface area (Å²) in [6.07, 6.45) is 1.56. The highest BCUT2D eigenvalue weighted by Crippen LogP contribution is 2.39. The number of rotatable bonds is 7. The number of benzene rings is 2. The third-order valence-electron chi connectivity index (χ3n) is 7.35. The summed E-state index contributed by atoms with van der Waals surface area (Å²) in [5.41, 5.74) is 3.10. The van der Waals surface area contributed by atoms with Crippen LogP contribution < -0.4 is 14.5 Å². The van der Waals surface area contributed by atoms with Crippen LogP contribution >= 0.6 is 0 Å². The number of fused-ring (bicyclic) bond motifs is 1. The van der Waals surface area contributed by atoms with E-state index in [-0.39, 0.29) is 23.4 Å². The lowest BCUT2D eigenvalue weighted by atomic mass is 10.1. The summed E-state index contributed by atoms with van der Waals surface area (Å²) >= 11 is 0. The Labute approximate surface area is 234 Å². The van der Waals surface area contributed by atoms with E-state index in [1.807, 2.05) is 49.9 Å². The molecule has 2 aliphatic heterocycles. The molecule has 0 radical (unpaired) electrons. The Morgan fingerprint density at radius 3 is 2.42 bits per heavy atom. The van der Waals surface area contributed by atoms with Gasteiger partial charge in [0.15, 0.2) is 17.4 Å². The maximum absolute atomic E-state index is 15.0. The van der Waals surface area contributed by atoms with E-state index in [0.29, 0.717) is 56.3 Å². The molecule has 5 rings (SSSR count). The average Bonchev–Trinajstić information content (AvgIpc) is 2.94. The monoisotopic (exact) mass is 550 g/mol. The summed E-state index contributed by atoms with van der Waals surface area (Å²) in [6.45, 7) is 8.47. The van der Waals surface area contributed by atoms with Crippen LogP contribution in [0.5, 0.6) is 5.75 Å². The lowest BCUT2D eigenvalue weighted by molar-refractivity contribution is -0.132. The molecule has 1 saturated heterocycles. The number of hydrogen-bond donors (Lipinski definition) is 0. The van der Waals surface area contributed by atoms with Crippen molar-refractivity contribution >= 4 is 17.3 Å². The number of halogens is 2. The summed E-state index contributed by atoms with van der Waals surface area (Å²) < 4.78 is 35.5. The SMILES string of the molecule is CC(C)N1CCOc2c(F)cc(-c3nc(Cc4ccc(N5CCN(C(=O)CN(C)C)CC5)cc4)ncc3F)cc21. The second-order valence-electron chi connectivity index (χ2n) is 10.9. The van der Waals surface area contributed by atoms with Gasteiger partial charge in [0, 0.05) is 49.9 Å². The van der Waals surface area contributed by atoms with E-state index in [0.717, 1.165) is 30.5 Å². The van der Waals surface area contributed by atoms with Crippen LogP contribution in [0.1, 0.15) is 25.2 Å². The molecule has 3 heterocycles. The Kier molecular flexibility index (Phi) is 8.16. The zero-order valence-electron chi connectivity index (χ0n) is 23.5. The Balaban J connectivity index is 1.29. The zero-order valence-corrected chi connectivity index (χ0v) is 23.5. The van der Waals surface area contributed by atoms with Crippen LogP contribution in [0.2, 0.25) is 0 Å². The topological polar surface area (TPSA) is 65.0 Å². The summed E-state index contributed by atoms with van der Waals surface area (Å²) in [5.74, 6) is -0.333. The lowest BCUT2D eigenvalue weighted by Crippen LogP contribution is -2.50. The Hall–Kier alpha value is -3.79. The molecule has 2 aliphatic rings. The van der Waals surface area contributed by atoms with E-state index in [9.17, 15) is 13.6 Å². The third-order valence-corrected chi connectivity index (χ3v) is 7.35. The van der Waals surface area contributed by atoms with Gasteiger partial charge in [-0.3, -0.25) is 4.79 Å². The Bertz CT molecular complexity index is 1360. The van der Waals surface area contributed by atoms with Gasteiger partial charge in [-0.1, -0.05) is 12.1 Å². The summed E-state index contributed by atoms with van der Waals surface area (Å²) in [5, 5.41) is 0. The van der Waals surface area contributed by atoms with Gasteiger partial charge in [0.05, 0.1) is 25.0 Å². The lowest BCUT2D eigenvalue weighted by Gasteiger charge is -2.36. The van der Waals surface area contributed by atoms with Gasteiger partial charge in [-0.05, 0) is 57.8 Å². The minimum absolute atomic E-state index is 0.0688. The first-order chi connectivity index (χ1) is 19.2. The fourth-order valence-electron chi connectivity index (χ4n) is 5.26. The number of aromatic nitrogens is 2. The van der Waals surface area contributed by atoms with Gasteiger partial charge in [-0.15, -0.1) is 0 Å². The van der Waals surface area contributed by atoms with Crippen LogP contribution in [0.3, 0.4) is 0 Å². The van der Waals surface area contributed by atoms with Crippen LogP contribution in [0, 0.1) is 11.6 Å². The highest BCUT2D eigenvalue weighted by Gasteiger charge is 2.26. The molecular formula is C30H36F2N6O2. The molecular weight excluding hydrogens is 514 g/mol. The quantitative estimate of drug-likeness (QED) is 0.443. The number of carbonyl (C=O) groups excluding carboxylic acids is 1. The smallest absolute Gasteiger partial charge is 0.236 e. The van der Waals surface area contributed by atoms with Crippen molar-refractivity contribution in [1.82, 2.24) is 19.8 Å². The van der Waals surface area contributed by atoms with Crippen LogP contribution in [-0.4, -0.2) is 91.7 Å². The molecule has 8 nitrogen and oxygen atoms in total. The molecule has 0 N–H and O–H groups in total. The standard InChI is InChI=1S/C30H36F2N6O2/c1-20(2)38-13-14-40-30-24(31)16-22(17-26(30)38)29-25(32)18-33-27(34-29)15-21-5-7-23(8-6-21)36-9-11-37(12-10-36)28(39)19-35(3)4/h5-8,16-18,20H,9-15,19H2,1-4H3. The van der Waals surface area contributed by atoms with Crippen LogP contribution in [0.15, 0.2) is 42.6 Å². The molecule has 212 valence electrons. The predicted octanol–water partition coefficient (Wildman–Crippen LogP) is 3.83. The van der Waals surface area contributed by atoms with Crippen molar-refractivity contribution in [2.75, 3.05) is 69.8 Å². The normalized spacial score (nSPS) is 15.4. The molecule has 0 bridgehead atoms. The molecule has 1 amide bonds. The molecule has 0 aliphatic carbocycles. The van der Waals surface area contributed by atoms with E-state index in [1.165, 1.54) is 6.07 Å². The van der Waals surface area contributed by atoms with E-state index in [2.05, 4.69) is 31.9 Å². The van der Waals surface area contributed by atoms with Gasteiger partial charge in [-0.2, -0.15) is 0 Å².